The first kappa shape index (κ1) is 20.8. The van der Waals surface area contributed by atoms with Crippen molar-refractivity contribution in [1.29, 1.82) is 0 Å². The van der Waals surface area contributed by atoms with Crippen LogP contribution in [0, 0.1) is 16.0 Å². The summed E-state index contributed by atoms with van der Waals surface area (Å²) in [6, 6.07) is 0. The van der Waals surface area contributed by atoms with Crippen molar-refractivity contribution < 1.29 is 24.3 Å². The molecule has 11 nitrogen and oxygen atoms in total. The molecule has 1 aliphatic heterocycles. The number of aliphatic carboxylic acids is 1. The average molecular weight is 383 g/mol. The quantitative estimate of drug-likeness (QED) is 0.457. The Kier molecular flexibility index (Phi) is 7.67. The van der Waals surface area contributed by atoms with Gasteiger partial charge in [0.05, 0.1) is 24.1 Å². The summed E-state index contributed by atoms with van der Waals surface area (Å²) >= 11 is 0. The molecule has 2 rings (SSSR count). The molecule has 1 N–H and O–H groups in total. The molecule has 150 valence electrons. The summed E-state index contributed by atoms with van der Waals surface area (Å²) in [7, 11) is 3.11. The monoisotopic (exact) mass is 383 g/mol. The average Bonchev–Trinajstić information content (AvgIpc) is 2.67. The lowest BCUT2D eigenvalue weighted by Gasteiger charge is -2.31. The minimum atomic E-state index is -0.835. The summed E-state index contributed by atoms with van der Waals surface area (Å²) in [5, 5.41) is 21.0. The van der Waals surface area contributed by atoms with Gasteiger partial charge in [0, 0.05) is 40.4 Å². The Hall–Kier alpha value is -2.53. The van der Waals surface area contributed by atoms with Crippen LogP contribution in [0.5, 0.6) is 0 Å². The van der Waals surface area contributed by atoms with Crippen LogP contribution in [0.3, 0.4) is 0 Å². The Morgan fingerprint density at radius 3 is 2.37 bits per heavy atom. The van der Waals surface area contributed by atoms with Crippen LogP contribution in [0.2, 0.25) is 0 Å². The molecule has 11 heteroatoms. The Morgan fingerprint density at radius 1 is 1.30 bits per heavy atom. The zero-order chi connectivity index (χ0) is 19.8. The van der Waals surface area contributed by atoms with Crippen LogP contribution >= 0.6 is 0 Å². The fraction of sp³-hybridized carbons (Fsp3) is 0.688. The molecule has 0 spiro atoms. The van der Waals surface area contributed by atoms with Gasteiger partial charge in [0.1, 0.15) is 6.33 Å². The van der Waals surface area contributed by atoms with E-state index in [9.17, 15) is 14.9 Å². The largest absolute Gasteiger partial charge is 0.481 e. The first-order valence-corrected chi connectivity index (χ1v) is 8.69. The van der Waals surface area contributed by atoms with Gasteiger partial charge >= 0.3 is 11.7 Å². The maximum atomic E-state index is 11.8. The van der Waals surface area contributed by atoms with Crippen molar-refractivity contribution in [2.45, 2.75) is 12.8 Å². The predicted molar refractivity (Wildman–Crippen MR) is 97.2 cm³/mol. The Bertz CT molecular complexity index is 642. The molecule has 0 aliphatic carbocycles. The highest BCUT2D eigenvalue weighted by molar-refractivity contribution is 5.73. The molecule has 0 atom stereocenters. The van der Waals surface area contributed by atoms with Gasteiger partial charge in [-0.25, -0.2) is 9.97 Å². The number of hydrogen-bond acceptors (Lipinski definition) is 9. The van der Waals surface area contributed by atoms with Gasteiger partial charge in [-0.3, -0.25) is 14.9 Å². The summed E-state index contributed by atoms with van der Waals surface area (Å²) in [6.07, 6.45) is 2.14. The van der Waals surface area contributed by atoms with Gasteiger partial charge in [-0.05, 0) is 12.8 Å². The number of anilines is 2. The van der Waals surface area contributed by atoms with Crippen molar-refractivity contribution in [3.63, 3.8) is 0 Å². The van der Waals surface area contributed by atoms with E-state index in [1.54, 1.807) is 24.0 Å². The number of ether oxygens (including phenoxy) is 2. The van der Waals surface area contributed by atoms with E-state index in [1.165, 1.54) is 6.33 Å². The van der Waals surface area contributed by atoms with Crippen LogP contribution < -0.4 is 9.80 Å². The Balaban J connectivity index is 2.32. The molecule has 0 aromatic carbocycles. The van der Waals surface area contributed by atoms with E-state index in [-0.39, 0.29) is 17.3 Å². The molecule has 1 aromatic rings. The third-order valence-corrected chi connectivity index (χ3v) is 4.54. The second-order valence-electron chi connectivity index (χ2n) is 6.20. The van der Waals surface area contributed by atoms with Gasteiger partial charge in [0.2, 0.25) is 11.6 Å². The van der Waals surface area contributed by atoms with Gasteiger partial charge in [0.25, 0.3) is 0 Å². The van der Waals surface area contributed by atoms with Crippen molar-refractivity contribution in [1.82, 2.24) is 9.97 Å². The van der Waals surface area contributed by atoms with Crippen molar-refractivity contribution >= 4 is 23.3 Å². The normalized spacial score (nSPS) is 15.0. The molecule has 1 fully saturated rings. The SMILES string of the molecule is COCCN(CCOC)c1ncnc(N2CCC(C(=O)O)CC2)c1[N+](=O)[O-]. The Morgan fingerprint density at radius 2 is 1.89 bits per heavy atom. The van der Waals surface area contributed by atoms with Crippen LogP contribution in [0.15, 0.2) is 6.33 Å². The lowest BCUT2D eigenvalue weighted by Crippen LogP contribution is -2.38. The maximum absolute atomic E-state index is 11.8. The Labute approximate surface area is 157 Å². The van der Waals surface area contributed by atoms with E-state index in [0.29, 0.717) is 52.2 Å². The number of aromatic nitrogens is 2. The molecule has 1 saturated heterocycles. The molecular formula is C16H25N5O6. The molecule has 0 amide bonds. The molecule has 1 aliphatic rings. The van der Waals surface area contributed by atoms with Gasteiger partial charge < -0.3 is 24.4 Å². The fourth-order valence-electron chi connectivity index (χ4n) is 3.05. The minimum absolute atomic E-state index is 0.182. The van der Waals surface area contributed by atoms with Crippen molar-refractivity contribution in [2.24, 2.45) is 5.92 Å². The predicted octanol–water partition coefficient (Wildman–Crippen LogP) is 0.785. The lowest BCUT2D eigenvalue weighted by molar-refractivity contribution is -0.383. The first-order chi connectivity index (χ1) is 13.0. The number of carboxylic acid groups (broad SMARTS) is 1. The molecule has 27 heavy (non-hydrogen) atoms. The van der Waals surface area contributed by atoms with E-state index < -0.39 is 16.8 Å². The van der Waals surface area contributed by atoms with Gasteiger partial charge in [-0.2, -0.15) is 0 Å². The van der Waals surface area contributed by atoms with Crippen LogP contribution in [-0.2, 0) is 14.3 Å². The van der Waals surface area contributed by atoms with E-state index in [0.717, 1.165) is 0 Å². The van der Waals surface area contributed by atoms with Crippen LogP contribution in [0.25, 0.3) is 0 Å². The molecule has 1 aromatic heterocycles. The van der Waals surface area contributed by atoms with E-state index in [1.807, 2.05) is 0 Å². The number of rotatable bonds is 10. The van der Waals surface area contributed by atoms with Crippen molar-refractivity contribution in [3.05, 3.63) is 16.4 Å². The molecular weight excluding hydrogens is 358 g/mol. The molecule has 0 saturated carbocycles. The third kappa shape index (κ3) is 5.23. The maximum Gasteiger partial charge on any atom is 0.353 e. The molecule has 2 heterocycles. The fourth-order valence-corrected chi connectivity index (χ4v) is 3.05. The van der Waals surface area contributed by atoms with E-state index in [2.05, 4.69) is 9.97 Å². The second kappa shape index (κ2) is 9.97. The smallest absolute Gasteiger partial charge is 0.353 e. The number of nitro groups is 1. The van der Waals surface area contributed by atoms with Crippen LogP contribution in [-0.4, -0.2) is 79.6 Å². The van der Waals surface area contributed by atoms with E-state index in [4.69, 9.17) is 14.6 Å². The van der Waals surface area contributed by atoms with Crippen molar-refractivity contribution in [2.75, 3.05) is 63.4 Å². The number of methoxy groups -OCH3 is 2. The summed E-state index contributed by atoms with van der Waals surface area (Å²) in [6.45, 7) is 2.37. The topological polar surface area (TPSA) is 131 Å². The zero-order valence-corrected chi connectivity index (χ0v) is 15.5. The number of nitrogens with zero attached hydrogens (tertiary/aromatic N) is 5. The molecule has 0 unspecified atom stereocenters. The van der Waals surface area contributed by atoms with Crippen molar-refractivity contribution in [3.8, 4) is 0 Å². The standard InChI is InChI=1S/C16H25N5O6/c1-26-9-7-20(8-10-27-2)15-13(21(24)25)14(17-11-18-15)19-5-3-12(4-6-19)16(22)23/h11-12H,3-10H2,1-2H3,(H,22,23). The highest BCUT2D eigenvalue weighted by atomic mass is 16.6. The van der Waals surface area contributed by atoms with Gasteiger partial charge in [0.15, 0.2) is 0 Å². The highest BCUT2D eigenvalue weighted by Crippen LogP contribution is 2.35. The number of carboxylic acids is 1. The van der Waals surface area contributed by atoms with Gasteiger partial charge in [-0.15, -0.1) is 0 Å². The van der Waals surface area contributed by atoms with Gasteiger partial charge in [-0.1, -0.05) is 0 Å². The van der Waals surface area contributed by atoms with E-state index >= 15 is 0 Å². The summed E-state index contributed by atoms with van der Waals surface area (Å²) < 4.78 is 10.2. The lowest BCUT2D eigenvalue weighted by atomic mass is 9.97. The number of carbonyl (C=O) groups is 1. The van der Waals surface area contributed by atoms with Crippen LogP contribution in [0.4, 0.5) is 17.3 Å². The summed E-state index contributed by atoms with van der Waals surface area (Å²) in [5.41, 5.74) is -0.182. The third-order valence-electron chi connectivity index (χ3n) is 4.54. The highest BCUT2D eigenvalue weighted by Gasteiger charge is 2.33. The molecule has 0 radical (unpaired) electrons. The second-order valence-corrected chi connectivity index (χ2v) is 6.20. The summed E-state index contributed by atoms with van der Waals surface area (Å²) in [4.78, 5) is 34.2. The molecule has 0 bridgehead atoms. The first-order valence-electron chi connectivity index (χ1n) is 8.69. The zero-order valence-electron chi connectivity index (χ0n) is 15.5. The number of hydrogen-bond donors (Lipinski definition) is 1. The summed E-state index contributed by atoms with van der Waals surface area (Å²) in [5.74, 6) is -0.840. The van der Waals surface area contributed by atoms with Crippen LogP contribution in [0.1, 0.15) is 12.8 Å². The number of piperidine rings is 1. The minimum Gasteiger partial charge on any atom is -0.481 e.